The molecule has 45 heavy (non-hydrogen) atoms. The normalized spacial score (nSPS) is 24.8. The predicted octanol–water partition coefficient (Wildman–Crippen LogP) is 3.70. The van der Waals surface area contributed by atoms with Gasteiger partial charge in [0.1, 0.15) is 24.5 Å². The van der Waals surface area contributed by atoms with Crippen molar-refractivity contribution in [3.8, 4) is 11.1 Å². The first-order valence-corrected chi connectivity index (χ1v) is 15.4. The number of aromatic nitrogens is 4. The van der Waals surface area contributed by atoms with E-state index in [0.717, 1.165) is 28.9 Å². The van der Waals surface area contributed by atoms with Crippen molar-refractivity contribution in [3.63, 3.8) is 0 Å². The molecule has 3 N–H and O–H groups in total. The number of hydrogen-bond acceptors (Lipinski definition) is 7. The number of benzene rings is 1. The highest BCUT2D eigenvalue weighted by atomic mass is 19.1. The van der Waals surface area contributed by atoms with Crippen molar-refractivity contribution in [3.05, 3.63) is 65.3 Å². The van der Waals surface area contributed by atoms with Gasteiger partial charge in [0.2, 0.25) is 11.8 Å². The smallest absolute Gasteiger partial charge is 0.269 e. The minimum absolute atomic E-state index is 0.00833. The summed E-state index contributed by atoms with van der Waals surface area (Å²) in [5, 5.41) is 15.6. The molecular formula is C33H38FN7O4. The molecule has 5 unspecified atom stereocenters. The van der Waals surface area contributed by atoms with Crippen LogP contribution in [0.3, 0.4) is 0 Å². The van der Waals surface area contributed by atoms with Crippen molar-refractivity contribution in [2.45, 2.75) is 77.9 Å². The maximum absolute atomic E-state index is 14.8. The summed E-state index contributed by atoms with van der Waals surface area (Å²) in [6, 6.07) is 5.82. The lowest BCUT2D eigenvalue weighted by Crippen LogP contribution is -2.51. The molecule has 2 aromatic heterocycles. The van der Waals surface area contributed by atoms with Gasteiger partial charge in [-0.05, 0) is 43.0 Å². The molecule has 1 aliphatic carbocycles. The van der Waals surface area contributed by atoms with Gasteiger partial charge in [-0.25, -0.2) is 4.39 Å². The van der Waals surface area contributed by atoms with Crippen LogP contribution < -0.4 is 11.1 Å². The Hall–Kier alpha value is -4.61. The average molecular weight is 616 g/mol. The second-order valence-electron chi connectivity index (χ2n) is 12.7. The lowest BCUT2D eigenvalue weighted by Gasteiger charge is -2.38. The van der Waals surface area contributed by atoms with Crippen molar-refractivity contribution in [2.24, 2.45) is 17.6 Å². The average Bonchev–Trinajstić information content (AvgIpc) is 3.58. The number of ether oxygens (including phenoxy) is 1. The van der Waals surface area contributed by atoms with Crippen LogP contribution >= 0.6 is 0 Å². The summed E-state index contributed by atoms with van der Waals surface area (Å²) in [4.78, 5) is 41.0. The summed E-state index contributed by atoms with van der Waals surface area (Å²) in [5.41, 5.74) is 9.97. The zero-order valence-electron chi connectivity index (χ0n) is 25.9. The third kappa shape index (κ3) is 5.93. The van der Waals surface area contributed by atoms with Crippen molar-refractivity contribution >= 4 is 28.6 Å². The minimum atomic E-state index is -1.35. The van der Waals surface area contributed by atoms with Gasteiger partial charge in [0.15, 0.2) is 5.69 Å². The number of carbonyl (C=O) groups is 3. The molecule has 0 spiro atoms. The highest BCUT2D eigenvalue weighted by Crippen LogP contribution is 2.39. The molecule has 0 radical (unpaired) electrons. The summed E-state index contributed by atoms with van der Waals surface area (Å²) in [6.45, 7) is 7.92. The molecule has 236 valence electrons. The van der Waals surface area contributed by atoms with E-state index in [0.29, 0.717) is 23.2 Å². The highest BCUT2D eigenvalue weighted by Gasteiger charge is 2.42. The van der Waals surface area contributed by atoms with Gasteiger partial charge in [-0.15, -0.1) is 0 Å². The van der Waals surface area contributed by atoms with Crippen LogP contribution in [0.2, 0.25) is 0 Å². The number of primary amides is 1. The number of nitrogens with two attached hydrogens (primary N) is 1. The molecule has 5 atom stereocenters. The van der Waals surface area contributed by atoms with E-state index in [1.165, 1.54) is 15.2 Å². The fourth-order valence-electron chi connectivity index (χ4n) is 6.70. The van der Waals surface area contributed by atoms with Crippen molar-refractivity contribution in [1.29, 1.82) is 0 Å². The molecule has 3 amide bonds. The van der Waals surface area contributed by atoms with E-state index in [2.05, 4.69) is 47.5 Å². The van der Waals surface area contributed by atoms with Crippen molar-refractivity contribution in [1.82, 2.24) is 30.2 Å². The fourth-order valence-corrected chi connectivity index (χ4v) is 6.70. The van der Waals surface area contributed by atoms with Crippen LogP contribution in [-0.4, -0.2) is 73.5 Å². The first-order chi connectivity index (χ1) is 21.5. The van der Waals surface area contributed by atoms with E-state index in [1.54, 1.807) is 30.6 Å². The van der Waals surface area contributed by atoms with Crippen molar-refractivity contribution in [2.75, 3.05) is 6.54 Å². The summed E-state index contributed by atoms with van der Waals surface area (Å²) in [6.07, 6.45) is 5.24. The number of rotatable bonds is 7. The van der Waals surface area contributed by atoms with Crippen LogP contribution in [0.4, 0.5) is 4.39 Å². The van der Waals surface area contributed by atoms with Crippen LogP contribution in [0.1, 0.15) is 57.4 Å². The summed E-state index contributed by atoms with van der Waals surface area (Å²) in [5.74, 6) is -0.177. The van der Waals surface area contributed by atoms with Crippen LogP contribution in [-0.2, 0) is 20.9 Å². The number of nitrogens with one attached hydrogen (secondary N) is 1. The fraction of sp³-hybridized carbons (Fsp3) is 0.455. The third-order valence-corrected chi connectivity index (χ3v) is 9.00. The minimum Gasteiger partial charge on any atom is -0.494 e. The predicted molar refractivity (Wildman–Crippen MR) is 165 cm³/mol. The molecule has 2 aliphatic heterocycles. The van der Waals surface area contributed by atoms with Crippen LogP contribution in [0, 0.1) is 11.8 Å². The Kier molecular flexibility index (Phi) is 8.15. The van der Waals surface area contributed by atoms with Gasteiger partial charge in [-0.2, -0.15) is 15.3 Å². The van der Waals surface area contributed by atoms with Crippen molar-refractivity contribution < 1.29 is 23.5 Å². The first kappa shape index (κ1) is 30.4. The maximum atomic E-state index is 14.8. The standard InChI is InChI=1S/C33H38FN7O4/c1-17(2)22-9-18(3)31-24(12-22)26(10-19(4)45-31)38-33(44)28-13-23(34)15-40(28)29(42)16-41-27-6-5-20(21-7-8-36-37-14-21)11-25(27)30(39-41)32(35)43/h5-8,11-12,14,17-19,23,26,28H,9-10,13,15-16H2,1-4H3,(H2,35,43)(H,38,44). The Bertz CT molecular complexity index is 1720. The number of halogens is 1. The van der Waals surface area contributed by atoms with E-state index in [9.17, 15) is 18.8 Å². The lowest BCUT2D eigenvalue weighted by atomic mass is 9.80. The number of carbonyl (C=O) groups excluding carboxylic acids is 3. The van der Waals surface area contributed by atoms with Gasteiger partial charge in [-0.1, -0.05) is 38.5 Å². The SMILES string of the molecule is CC1CC(NC(=O)C2CC(F)CN2C(=O)Cn2nc(C(N)=O)c3cc(-c4ccnnc4)ccc32)C2=C(O1)C(C)CC(C(C)C)=C2. The number of fused-ring (bicyclic) bond motifs is 1. The zero-order valence-corrected chi connectivity index (χ0v) is 25.9. The molecule has 0 bridgehead atoms. The topological polar surface area (TPSA) is 145 Å². The van der Waals surface area contributed by atoms with Crippen LogP contribution in [0.25, 0.3) is 22.0 Å². The molecular weight excluding hydrogens is 577 g/mol. The number of allylic oxidation sites excluding steroid dienone is 2. The third-order valence-electron chi connectivity index (χ3n) is 9.00. The van der Waals surface area contributed by atoms with Gasteiger partial charge in [0.25, 0.3) is 5.91 Å². The zero-order chi connectivity index (χ0) is 32.0. The van der Waals surface area contributed by atoms with Gasteiger partial charge >= 0.3 is 0 Å². The van der Waals surface area contributed by atoms with Gasteiger partial charge < -0.3 is 20.7 Å². The van der Waals surface area contributed by atoms with E-state index in [-0.39, 0.29) is 43.3 Å². The Morgan fingerprint density at radius 1 is 1.13 bits per heavy atom. The molecule has 12 heteroatoms. The number of nitrogens with zero attached hydrogens (tertiary/aromatic N) is 5. The molecule has 4 heterocycles. The first-order valence-electron chi connectivity index (χ1n) is 15.4. The Labute approximate surface area is 260 Å². The molecule has 3 aromatic rings. The van der Waals surface area contributed by atoms with Gasteiger partial charge in [0, 0.05) is 35.3 Å². The Morgan fingerprint density at radius 3 is 2.64 bits per heavy atom. The second kappa shape index (κ2) is 12.1. The van der Waals surface area contributed by atoms with E-state index in [1.807, 2.05) is 13.0 Å². The molecule has 11 nitrogen and oxygen atoms in total. The monoisotopic (exact) mass is 615 g/mol. The Balaban J connectivity index is 1.24. The molecule has 6 rings (SSSR count). The van der Waals surface area contributed by atoms with Crippen LogP contribution in [0.5, 0.6) is 0 Å². The summed E-state index contributed by atoms with van der Waals surface area (Å²) >= 11 is 0. The van der Waals surface area contributed by atoms with Gasteiger partial charge in [-0.3, -0.25) is 19.1 Å². The molecule has 1 saturated heterocycles. The number of hydrogen-bond donors (Lipinski definition) is 2. The van der Waals surface area contributed by atoms with E-state index >= 15 is 0 Å². The molecule has 1 aromatic carbocycles. The summed E-state index contributed by atoms with van der Waals surface area (Å²) in [7, 11) is 0. The largest absolute Gasteiger partial charge is 0.494 e. The van der Waals surface area contributed by atoms with E-state index in [4.69, 9.17) is 10.5 Å². The molecule has 0 saturated carbocycles. The Morgan fingerprint density at radius 2 is 1.93 bits per heavy atom. The summed E-state index contributed by atoms with van der Waals surface area (Å²) < 4.78 is 22.4. The van der Waals surface area contributed by atoms with Gasteiger partial charge in [0.05, 0.1) is 36.6 Å². The number of alkyl halides is 1. The maximum Gasteiger partial charge on any atom is 0.269 e. The second-order valence-corrected chi connectivity index (χ2v) is 12.7. The quantitative estimate of drug-likeness (QED) is 0.412. The van der Waals surface area contributed by atoms with Crippen LogP contribution in [0.15, 0.2) is 59.6 Å². The highest BCUT2D eigenvalue weighted by molar-refractivity contribution is 6.05. The molecule has 3 aliphatic rings. The lowest BCUT2D eigenvalue weighted by molar-refractivity contribution is -0.139. The number of amides is 3. The van der Waals surface area contributed by atoms with E-state index < -0.39 is 29.9 Å². The molecule has 1 fully saturated rings. The number of likely N-dealkylation sites (tertiary alicyclic amines) is 1.